The maximum absolute atomic E-state index is 13.1. The molecule has 1 saturated heterocycles. The van der Waals surface area contributed by atoms with Crippen LogP contribution in [0.25, 0.3) is 11.5 Å². The number of hydrogen-bond donors (Lipinski definition) is 1. The zero-order valence-corrected chi connectivity index (χ0v) is 17.6. The second-order valence-corrected chi connectivity index (χ2v) is 7.81. The third kappa shape index (κ3) is 3.85. The highest BCUT2D eigenvalue weighted by molar-refractivity contribution is 5.66. The molecule has 9 heteroatoms. The molecule has 160 valence electrons. The summed E-state index contributed by atoms with van der Waals surface area (Å²) in [6.07, 6.45) is 4.66. The van der Waals surface area contributed by atoms with E-state index in [1.54, 1.807) is 22.6 Å². The van der Waals surface area contributed by atoms with E-state index in [2.05, 4.69) is 10.2 Å². The third-order valence-corrected chi connectivity index (χ3v) is 5.30. The summed E-state index contributed by atoms with van der Waals surface area (Å²) in [5, 5.41) is 9.23. The van der Waals surface area contributed by atoms with Crippen LogP contribution in [-0.2, 0) is 11.3 Å². The summed E-state index contributed by atoms with van der Waals surface area (Å²) in [6, 6.07) is 7.52. The van der Waals surface area contributed by atoms with Crippen LogP contribution in [0.3, 0.4) is 0 Å². The Hall–Kier alpha value is -3.07. The van der Waals surface area contributed by atoms with E-state index in [1.165, 1.54) is 4.68 Å². The van der Waals surface area contributed by atoms with Gasteiger partial charge in [0.1, 0.15) is 12.0 Å². The zero-order chi connectivity index (χ0) is 21.3. The molecule has 4 rings (SSSR count). The van der Waals surface area contributed by atoms with Crippen molar-refractivity contribution in [3.8, 4) is 17.3 Å². The van der Waals surface area contributed by atoms with Gasteiger partial charge in [-0.15, -0.1) is 5.10 Å². The second-order valence-electron chi connectivity index (χ2n) is 7.81. The number of benzene rings is 1. The summed E-state index contributed by atoms with van der Waals surface area (Å²) in [4.78, 5) is 13.1. The van der Waals surface area contributed by atoms with E-state index in [-0.39, 0.29) is 18.0 Å². The number of anilines is 1. The van der Waals surface area contributed by atoms with E-state index in [1.807, 2.05) is 38.1 Å². The summed E-state index contributed by atoms with van der Waals surface area (Å²) >= 11 is 0. The Balaban J connectivity index is 1.74. The van der Waals surface area contributed by atoms with Crippen LogP contribution in [-0.4, -0.2) is 37.8 Å². The summed E-state index contributed by atoms with van der Waals surface area (Å²) in [6.45, 7) is 4.92. The van der Waals surface area contributed by atoms with Gasteiger partial charge >= 0.3 is 5.69 Å². The molecule has 1 aromatic carbocycles. The van der Waals surface area contributed by atoms with Gasteiger partial charge in [0.05, 0.1) is 31.6 Å². The van der Waals surface area contributed by atoms with Crippen molar-refractivity contribution in [3.63, 3.8) is 0 Å². The number of hydrogen-bond acceptors (Lipinski definition) is 6. The Morgan fingerprint density at radius 1 is 1.23 bits per heavy atom. The molecule has 1 aliphatic heterocycles. The van der Waals surface area contributed by atoms with Gasteiger partial charge in [-0.05, 0) is 50.8 Å². The fraction of sp³-hybridized carbons (Fsp3) is 0.476. The van der Waals surface area contributed by atoms with E-state index >= 15 is 0 Å². The van der Waals surface area contributed by atoms with Gasteiger partial charge < -0.3 is 15.2 Å². The van der Waals surface area contributed by atoms with Crippen LogP contribution in [0.2, 0.25) is 0 Å². The minimum atomic E-state index is -0.196. The van der Waals surface area contributed by atoms with Crippen molar-refractivity contribution in [2.45, 2.75) is 51.9 Å². The zero-order valence-electron chi connectivity index (χ0n) is 17.6. The molecule has 1 atom stereocenters. The van der Waals surface area contributed by atoms with Gasteiger partial charge in [-0.25, -0.2) is 14.2 Å². The second kappa shape index (κ2) is 8.35. The highest BCUT2D eigenvalue weighted by atomic mass is 16.5. The normalized spacial score (nSPS) is 16.9. The summed E-state index contributed by atoms with van der Waals surface area (Å²) < 4.78 is 15.9. The molecule has 2 aromatic heterocycles. The van der Waals surface area contributed by atoms with Crippen molar-refractivity contribution in [1.82, 2.24) is 24.1 Å². The SMILES string of the molecule is COc1ccc(Cn2c(-c3nn(C4CCCCO4)cc3N)nn(C(C)C)c2=O)cc1. The first-order valence-corrected chi connectivity index (χ1v) is 10.3. The molecule has 0 aliphatic carbocycles. The molecule has 1 aliphatic rings. The van der Waals surface area contributed by atoms with Gasteiger partial charge in [0.15, 0.2) is 11.5 Å². The predicted octanol–water partition coefficient (Wildman–Crippen LogP) is 2.83. The summed E-state index contributed by atoms with van der Waals surface area (Å²) in [7, 11) is 1.62. The standard InChI is InChI=1S/C21H28N6O3/c1-14(2)27-21(28)25(12-15-7-9-16(29-3)10-8-15)20(24-27)19-17(22)13-26(23-19)18-6-4-5-11-30-18/h7-10,13-14,18H,4-6,11-12,22H2,1-3H3. The van der Waals surface area contributed by atoms with E-state index in [0.717, 1.165) is 30.6 Å². The molecule has 1 fully saturated rings. The number of aromatic nitrogens is 5. The molecule has 9 nitrogen and oxygen atoms in total. The fourth-order valence-electron chi connectivity index (χ4n) is 3.64. The molecule has 0 amide bonds. The molecule has 0 radical (unpaired) electrons. The lowest BCUT2D eigenvalue weighted by atomic mass is 10.2. The molecule has 30 heavy (non-hydrogen) atoms. The third-order valence-electron chi connectivity index (χ3n) is 5.30. The average Bonchev–Trinajstić information content (AvgIpc) is 3.29. The Morgan fingerprint density at radius 2 is 2.00 bits per heavy atom. The lowest BCUT2D eigenvalue weighted by Crippen LogP contribution is -2.26. The van der Waals surface area contributed by atoms with Crippen LogP contribution in [0.5, 0.6) is 5.75 Å². The van der Waals surface area contributed by atoms with Gasteiger partial charge in [0.2, 0.25) is 0 Å². The predicted molar refractivity (Wildman–Crippen MR) is 113 cm³/mol. The molecular formula is C21H28N6O3. The molecule has 0 spiro atoms. The van der Waals surface area contributed by atoms with E-state index in [0.29, 0.717) is 30.4 Å². The number of methoxy groups -OCH3 is 1. The van der Waals surface area contributed by atoms with Crippen LogP contribution in [0, 0.1) is 0 Å². The first kappa shape index (κ1) is 20.2. The topological polar surface area (TPSA) is 102 Å². The monoisotopic (exact) mass is 412 g/mol. The van der Waals surface area contributed by atoms with E-state index < -0.39 is 0 Å². The van der Waals surface area contributed by atoms with Crippen molar-refractivity contribution in [2.75, 3.05) is 19.5 Å². The summed E-state index contributed by atoms with van der Waals surface area (Å²) in [5.41, 5.74) is 8.02. The van der Waals surface area contributed by atoms with E-state index in [9.17, 15) is 4.79 Å². The Bertz CT molecular complexity index is 1060. The first-order valence-electron chi connectivity index (χ1n) is 10.3. The van der Waals surface area contributed by atoms with Crippen LogP contribution in [0.4, 0.5) is 5.69 Å². The van der Waals surface area contributed by atoms with Gasteiger partial charge in [-0.3, -0.25) is 4.57 Å². The number of nitrogen functional groups attached to an aromatic ring is 1. The van der Waals surface area contributed by atoms with Gasteiger partial charge in [0, 0.05) is 6.61 Å². The molecule has 0 bridgehead atoms. The number of nitrogens with zero attached hydrogens (tertiary/aromatic N) is 5. The van der Waals surface area contributed by atoms with Crippen molar-refractivity contribution in [1.29, 1.82) is 0 Å². The van der Waals surface area contributed by atoms with Gasteiger partial charge in [-0.2, -0.15) is 5.10 Å². The minimum Gasteiger partial charge on any atom is -0.497 e. The number of ether oxygens (including phenoxy) is 2. The molecule has 3 heterocycles. The van der Waals surface area contributed by atoms with Crippen LogP contribution in [0.1, 0.15) is 50.9 Å². The Kier molecular flexibility index (Phi) is 5.63. The highest BCUT2D eigenvalue weighted by Crippen LogP contribution is 2.28. The van der Waals surface area contributed by atoms with Gasteiger partial charge in [0.25, 0.3) is 0 Å². The summed E-state index contributed by atoms with van der Waals surface area (Å²) in [5.74, 6) is 1.22. The van der Waals surface area contributed by atoms with Crippen LogP contribution >= 0.6 is 0 Å². The Morgan fingerprint density at radius 3 is 2.63 bits per heavy atom. The van der Waals surface area contributed by atoms with Crippen molar-refractivity contribution >= 4 is 5.69 Å². The number of rotatable bonds is 6. The quantitative estimate of drug-likeness (QED) is 0.668. The molecule has 2 N–H and O–H groups in total. The number of nitrogens with two attached hydrogens (primary N) is 1. The largest absolute Gasteiger partial charge is 0.497 e. The maximum Gasteiger partial charge on any atom is 0.346 e. The molecular weight excluding hydrogens is 384 g/mol. The van der Waals surface area contributed by atoms with Crippen molar-refractivity contribution < 1.29 is 9.47 Å². The minimum absolute atomic E-state index is 0.0849. The molecule has 1 unspecified atom stereocenters. The maximum atomic E-state index is 13.1. The lowest BCUT2D eigenvalue weighted by molar-refractivity contribution is -0.0393. The smallest absolute Gasteiger partial charge is 0.346 e. The van der Waals surface area contributed by atoms with Gasteiger partial charge in [-0.1, -0.05) is 12.1 Å². The molecule has 3 aromatic rings. The van der Waals surface area contributed by atoms with Crippen molar-refractivity contribution in [3.05, 3.63) is 46.5 Å². The fourth-order valence-corrected chi connectivity index (χ4v) is 3.64. The Labute approximate surface area is 175 Å². The highest BCUT2D eigenvalue weighted by Gasteiger charge is 2.24. The van der Waals surface area contributed by atoms with Crippen LogP contribution < -0.4 is 16.2 Å². The van der Waals surface area contributed by atoms with E-state index in [4.69, 9.17) is 15.2 Å². The first-order chi connectivity index (χ1) is 14.5. The average molecular weight is 412 g/mol. The lowest BCUT2D eigenvalue weighted by Gasteiger charge is -2.22. The van der Waals surface area contributed by atoms with Crippen LogP contribution in [0.15, 0.2) is 35.3 Å². The van der Waals surface area contributed by atoms with Crippen molar-refractivity contribution in [2.24, 2.45) is 0 Å². The molecule has 0 saturated carbocycles.